The summed E-state index contributed by atoms with van der Waals surface area (Å²) >= 11 is 6.49. The first kappa shape index (κ1) is 13.7. The highest BCUT2D eigenvalue weighted by molar-refractivity contribution is 6.20. The van der Waals surface area contributed by atoms with Crippen LogP contribution in [-0.4, -0.2) is 19.3 Å². The molecule has 100 valence electrons. The van der Waals surface area contributed by atoms with Gasteiger partial charge < -0.3 is 9.47 Å². The predicted octanol–water partition coefficient (Wildman–Crippen LogP) is 4.32. The van der Waals surface area contributed by atoms with Gasteiger partial charge in [0.15, 0.2) is 0 Å². The Labute approximate surface area is 114 Å². The molecule has 18 heavy (non-hydrogen) atoms. The Morgan fingerprint density at radius 1 is 1.28 bits per heavy atom. The fourth-order valence-corrected chi connectivity index (χ4v) is 2.87. The fraction of sp³-hybridized carbons (Fsp3) is 0.600. The van der Waals surface area contributed by atoms with E-state index >= 15 is 0 Å². The molecule has 1 saturated carbocycles. The van der Waals surface area contributed by atoms with E-state index in [4.69, 9.17) is 21.1 Å². The van der Waals surface area contributed by atoms with Crippen molar-refractivity contribution in [1.82, 2.24) is 0 Å². The molecule has 0 aromatic heterocycles. The topological polar surface area (TPSA) is 18.5 Å². The van der Waals surface area contributed by atoms with Crippen molar-refractivity contribution in [3.63, 3.8) is 0 Å². The Morgan fingerprint density at radius 3 is 2.39 bits per heavy atom. The van der Waals surface area contributed by atoms with Gasteiger partial charge in [-0.2, -0.15) is 0 Å². The Morgan fingerprint density at radius 2 is 1.94 bits per heavy atom. The maximum Gasteiger partial charge on any atom is 0.119 e. The van der Waals surface area contributed by atoms with Crippen LogP contribution < -0.4 is 4.74 Å². The van der Waals surface area contributed by atoms with Gasteiger partial charge in [-0.05, 0) is 50.3 Å². The molecule has 1 aliphatic rings. The number of alkyl halides is 1. The Bertz CT molecular complexity index is 365. The molecular formula is C15H21ClO2. The lowest BCUT2D eigenvalue weighted by Gasteiger charge is -2.41. The normalized spacial score (nSPS) is 19.1. The molecule has 1 atom stereocenters. The summed E-state index contributed by atoms with van der Waals surface area (Å²) in [5.41, 5.74) is 1.16. The molecule has 0 saturated heterocycles. The second kappa shape index (κ2) is 5.94. The van der Waals surface area contributed by atoms with Crippen molar-refractivity contribution in [3.8, 4) is 5.75 Å². The smallest absolute Gasteiger partial charge is 0.119 e. The summed E-state index contributed by atoms with van der Waals surface area (Å²) in [4.78, 5) is 0. The van der Waals surface area contributed by atoms with Gasteiger partial charge in [0, 0.05) is 7.11 Å². The third-order valence-electron chi connectivity index (χ3n) is 3.80. The van der Waals surface area contributed by atoms with E-state index in [0.717, 1.165) is 30.6 Å². The van der Waals surface area contributed by atoms with Gasteiger partial charge in [-0.15, -0.1) is 11.6 Å². The molecular weight excluding hydrogens is 248 g/mol. The average Bonchev–Trinajstić information content (AvgIpc) is 2.35. The minimum absolute atomic E-state index is 0.0147. The van der Waals surface area contributed by atoms with E-state index in [2.05, 4.69) is 0 Å². The number of benzene rings is 1. The lowest BCUT2D eigenvalue weighted by Crippen LogP contribution is -2.39. The van der Waals surface area contributed by atoms with E-state index in [1.807, 2.05) is 31.2 Å². The molecule has 0 bridgehead atoms. The Kier molecular flexibility index (Phi) is 4.52. The van der Waals surface area contributed by atoms with Crippen molar-refractivity contribution in [3.05, 3.63) is 29.8 Å². The summed E-state index contributed by atoms with van der Waals surface area (Å²) in [6.45, 7) is 2.67. The van der Waals surface area contributed by atoms with E-state index in [0.29, 0.717) is 6.61 Å². The van der Waals surface area contributed by atoms with E-state index in [1.54, 1.807) is 7.11 Å². The van der Waals surface area contributed by atoms with Gasteiger partial charge in [-0.3, -0.25) is 0 Å². The first-order chi connectivity index (χ1) is 8.69. The number of ether oxygens (including phenoxy) is 2. The maximum absolute atomic E-state index is 6.49. The monoisotopic (exact) mass is 268 g/mol. The lowest BCUT2D eigenvalue weighted by molar-refractivity contribution is -0.0780. The molecule has 0 amide bonds. The van der Waals surface area contributed by atoms with E-state index in [1.165, 1.54) is 6.42 Å². The second-order valence-corrected chi connectivity index (χ2v) is 5.44. The summed E-state index contributed by atoms with van der Waals surface area (Å²) in [7, 11) is 1.79. The highest BCUT2D eigenvalue weighted by Gasteiger charge is 2.38. The molecule has 0 heterocycles. The highest BCUT2D eigenvalue weighted by Crippen LogP contribution is 2.43. The molecule has 1 aromatic carbocycles. The van der Waals surface area contributed by atoms with Crippen molar-refractivity contribution >= 4 is 11.6 Å². The number of hydrogen-bond donors (Lipinski definition) is 0. The minimum Gasteiger partial charge on any atom is -0.494 e. The molecule has 1 aromatic rings. The molecule has 2 nitrogen and oxygen atoms in total. The Balaban J connectivity index is 1.97. The first-order valence-electron chi connectivity index (χ1n) is 6.61. The molecule has 0 radical (unpaired) electrons. The largest absolute Gasteiger partial charge is 0.494 e. The van der Waals surface area contributed by atoms with Crippen molar-refractivity contribution in [2.24, 2.45) is 0 Å². The van der Waals surface area contributed by atoms with Crippen LogP contribution in [-0.2, 0) is 4.74 Å². The van der Waals surface area contributed by atoms with Crippen molar-refractivity contribution in [2.45, 2.75) is 43.6 Å². The summed E-state index contributed by atoms with van der Waals surface area (Å²) < 4.78 is 11.0. The standard InChI is InChI=1S/C15H21ClO2/c1-3-18-13-7-5-12(6-8-13)14(16)11-15(17-2)9-4-10-15/h5-8,14H,3-4,9-11H2,1-2H3. The van der Waals surface area contributed by atoms with Crippen LogP contribution >= 0.6 is 11.6 Å². The second-order valence-electron chi connectivity index (χ2n) is 4.91. The fourth-order valence-electron chi connectivity index (χ4n) is 2.45. The summed E-state index contributed by atoms with van der Waals surface area (Å²) in [6, 6.07) is 8.05. The number of hydrogen-bond acceptors (Lipinski definition) is 2. The van der Waals surface area contributed by atoms with Crippen LogP contribution in [0.1, 0.15) is 43.5 Å². The van der Waals surface area contributed by atoms with Gasteiger partial charge >= 0.3 is 0 Å². The molecule has 0 spiro atoms. The van der Waals surface area contributed by atoms with Crippen LogP contribution in [0.25, 0.3) is 0 Å². The SMILES string of the molecule is CCOc1ccc(C(Cl)CC2(OC)CCC2)cc1. The highest BCUT2D eigenvalue weighted by atomic mass is 35.5. The first-order valence-corrected chi connectivity index (χ1v) is 7.05. The van der Waals surface area contributed by atoms with E-state index in [9.17, 15) is 0 Å². The van der Waals surface area contributed by atoms with Crippen LogP contribution in [0, 0.1) is 0 Å². The number of methoxy groups -OCH3 is 1. The van der Waals surface area contributed by atoms with Crippen LogP contribution in [0.3, 0.4) is 0 Å². The summed E-state index contributed by atoms with van der Waals surface area (Å²) in [5, 5.41) is 0.0147. The van der Waals surface area contributed by atoms with Gasteiger partial charge in [0.25, 0.3) is 0 Å². The zero-order valence-corrected chi connectivity index (χ0v) is 11.9. The van der Waals surface area contributed by atoms with Crippen LogP contribution in [0.15, 0.2) is 24.3 Å². The molecule has 2 rings (SSSR count). The van der Waals surface area contributed by atoms with Gasteiger partial charge in [0.2, 0.25) is 0 Å². The summed E-state index contributed by atoms with van der Waals surface area (Å²) in [5.74, 6) is 0.898. The van der Waals surface area contributed by atoms with Crippen LogP contribution in [0.4, 0.5) is 0 Å². The molecule has 3 heteroatoms. The molecule has 0 N–H and O–H groups in total. The van der Waals surface area contributed by atoms with Gasteiger partial charge in [-0.1, -0.05) is 12.1 Å². The number of halogens is 1. The summed E-state index contributed by atoms with van der Waals surface area (Å²) in [6.07, 6.45) is 4.40. The minimum atomic E-state index is 0.0147. The average molecular weight is 269 g/mol. The third-order valence-corrected chi connectivity index (χ3v) is 4.21. The molecule has 1 fully saturated rings. The zero-order chi connectivity index (χ0) is 13.0. The van der Waals surface area contributed by atoms with Crippen LogP contribution in [0.2, 0.25) is 0 Å². The quantitative estimate of drug-likeness (QED) is 0.715. The van der Waals surface area contributed by atoms with Gasteiger partial charge in [0.1, 0.15) is 5.75 Å². The van der Waals surface area contributed by atoms with Crippen molar-refractivity contribution in [2.75, 3.05) is 13.7 Å². The number of rotatable bonds is 6. The van der Waals surface area contributed by atoms with Gasteiger partial charge in [0.05, 0.1) is 17.6 Å². The maximum atomic E-state index is 6.49. The van der Waals surface area contributed by atoms with Crippen LogP contribution in [0.5, 0.6) is 5.75 Å². The molecule has 1 unspecified atom stereocenters. The zero-order valence-electron chi connectivity index (χ0n) is 11.1. The van der Waals surface area contributed by atoms with E-state index < -0.39 is 0 Å². The molecule has 0 aliphatic heterocycles. The van der Waals surface area contributed by atoms with Gasteiger partial charge in [-0.25, -0.2) is 0 Å². The van der Waals surface area contributed by atoms with E-state index in [-0.39, 0.29) is 11.0 Å². The lowest BCUT2D eigenvalue weighted by atomic mass is 9.76. The Hall–Kier alpha value is -0.730. The molecule has 1 aliphatic carbocycles. The third kappa shape index (κ3) is 2.99. The predicted molar refractivity (Wildman–Crippen MR) is 74.4 cm³/mol. The van der Waals surface area contributed by atoms with Crippen molar-refractivity contribution < 1.29 is 9.47 Å². The van der Waals surface area contributed by atoms with Crippen molar-refractivity contribution in [1.29, 1.82) is 0 Å².